The number of aliphatic imine (C=N–C) groups is 2. The van der Waals surface area contributed by atoms with E-state index in [1.165, 1.54) is 29.2 Å². The molecule has 1 aromatic carbocycles. The van der Waals surface area contributed by atoms with Crippen LogP contribution in [0.25, 0.3) is 5.57 Å². The first-order valence-corrected chi connectivity index (χ1v) is 24.1. The number of hydrogen-bond donors (Lipinski definition) is 4. The van der Waals surface area contributed by atoms with Crippen LogP contribution in [-0.2, 0) is 16.1 Å². The second kappa shape index (κ2) is 22.8. The Balaban J connectivity index is 0.901. The molecule has 14 nitrogen and oxygen atoms in total. The normalized spacial score (nSPS) is 22.3. The lowest BCUT2D eigenvalue weighted by molar-refractivity contribution is -0.129. The SMILES string of the molecule is CCC(CC)CNC1=NCC2(C)C(c3ccc(CN4CCN(C/C(N)=C/NCCCCC5=CC=C6CC5CN(C)C(=O)N6CCCC(=O)NC(C)=O)CC4)cc3)=CN(C(C)CC)C2=N1. The Morgan fingerprint density at radius 3 is 2.44 bits per heavy atom. The van der Waals surface area contributed by atoms with Gasteiger partial charge in [-0.25, -0.2) is 9.79 Å². The number of carbonyl (C=O) groups excluding carboxylic acids is 3. The molecule has 0 aromatic heterocycles. The third-order valence-corrected chi connectivity index (χ3v) is 14.0. The lowest BCUT2D eigenvalue weighted by Crippen LogP contribution is -2.47. The van der Waals surface area contributed by atoms with Gasteiger partial charge in [0.15, 0.2) is 0 Å². The number of benzene rings is 1. The summed E-state index contributed by atoms with van der Waals surface area (Å²) in [6.45, 7) is 22.0. The van der Waals surface area contributed by atoms with Crippen LogP contribution in [0.3, 0.4) is 0 Å². The molecule has 2 saturated heterocycles. The van der Waals surface area contributed by atoms with Gasteiger partial charge in [-0.1, -0.05) is 69.5 Å². The molecule has 5 N–H and O–H groups in total. The van der Waals surface area contributed by atoms with Crippen molar-refractivity contribution in [2.75, 3.05) is 72.5 Å². The molecule has 1 aromatic rings. The lowest BCUT2D eigenvalue weighted by atomic mass is 9.79. The van der Waals surface area contributed by atoms with Crippen molar-refractivity contribution in [1.82, 2.24) is 40.4 Å². The highest BCUT2D eigenvalue weighted by atomic mass is 16.2. The maximum atomic E-state index is 13.2. The van der Waals surface area contributed by atoms with Crippen LogP contribution in [0.4, 0.5) is 4.79 Å². The second-order valence-electron chi connectivity index (χ2n) is 18.9. The van der Waals surface area contributed by atoms with Gasteiger partial charge in [0.2, 0.25) is 17.8 Å². The molecule has 350 valence electrons. The molecule has 64 heavy (non-hydrogen) atoms. The fraction of sp³-hybridized carbons (Fsp3) is 0.620. The van der Waals surface area contributed by atoms with Crippen LogP contribution < -0.4 is 21.7 Å². The van der Waals surface area contributed by atoms with Crippen molar-refractivity contribution in [3.05, 3.63) is 76.9 Å². The first-order valence-electron chi connectivity index (χ1n) is 24.1. The maximum absolute atomic E-state index is 13.2. The number of guanidine groups is 1. The van der Waals surface area contributed by atoms with Crippen LogP contribution in [0.2, 0.25) is 0 Å². The topological polar surface area (TPSA) is 154 Å². The van der Waals surface area contributed by atoms with Crippen molar-refractivity contribution in [1.29, 1.82) is 0 Å². The van der Waals surface area contributed by atoms with Crippen LogP contribution in [-0.4, -0.2) is 133 Å². The molecule has 2 fully saturated rings. The number of amides is 4. The number of carbonyl (C=O) groups is 3. The minimum absolute atomic E-state index is 0.0345. The predicted octanol–water partition coefficient (Wildman–Crippen LogP) is 6.26. The minimum Gasteiger partial charge on any atom is -0.400 e. The number of hydrogen-bond acceptors (Lipinski definition) is 11. The van der Waals surface area contributed by atoms with Gasteiger partial charge < -0.3 is 26.2 Å². The molecule has 4 heterocycles. The monoisotopic (exact) mass is 880 g/mol. The Kier molecular flexibility index (Phi) is 17.3. The molecule has 14 heteroatoms. The molecule has 0 spiro atoms. The van der Waals surface area contributed by atoms with Gasteiger partial charge in [-0.3, -0.25) is 29.6 Å². The van der Waals surface area contributed by atoms with Crippen LogP contribution in [0.15, 0.2) is 75.8 Å². The molecule has 4 amide bonds. The number of allylic oxidation sites excluding steroid dienone is 3. The van der Waals surface area contributed by atoms with Gasteiger partial charge in [0.05, 0.1) is 12.0 Å². The maximum Gasteiger partial charge on any atom is 0.323 e. The third-order valence-electron chi connectivity index (χ3n) is 14.0. The summed E-state index contributed by atoms with van der Waals surface area (Å²) < 4.78 is 0. The van der Waals surface area contributed by atoms with Gasteiger partial charge in [-0.2, -0.15) is 4.99 Å². The summed E-state index contributed by atoms with van der Waals surface area (Å²) in [6.07, 6.45) is 16.6. The third kappa shape index (κ3) is 12.4. The molecular weight excluding hydrogens is 803 g/mol. The Morgan fingerprint density at radius 1 is 1.00 bits per heavy atom. The zero-order chi connectivity index (χ0) is 45.8. The fourth-order valence-corrected chi connectivity index (χ4v) is 9.60. The van der Waals surface area contributed by atoms with Gasteiger partial charge in [0.1, 0.15) is 5.84 Å². The molecule has 0 radical (unpaired) electrons. The molecule has 3 atom stereocenters. The summed E-state index contributed by atoms with van der Waals surface area (Å²) >= 11 is 0. The number of nitrogens with one attached hydrogen (secondary N) is 3. The number of urea groups is 1. The number of fused-ring (bicyclic) bond motifs is 3. The first kappa shape index (κ1) is 48.5. The van der Waals surface area contributed by atoms with E-state index in [-0.39, 0.29) is 29.7 Å². The van der Waals surface area contributed by atoms with Gasteiger partial charge in [-0.15, -0.1) is 0 Å². The van der Waals surface area contributed by atoms with Crippen molar-refractivity contribution < 1.29 is 14.4 Å². The number of rotatable bonds is 21. The van der Waals surface area contributed by atoms with Crippen LogP contribution in [0.1, 0.15) is 110 Å². The van der Waals surface area contributed by atoms with Crippen molar-refractivity contribution in [3.63, 3.8) is 0 Å². The molecule has 4 aliphatic heterocycles. The van der Waals surface area contributed by atoms with E-state index in [2.05, 4.69) is 108 Å². The van der Waals surface area contributed by atoms with E-state index in [0.29, 0.717) is 43.9 Å². The molecule has 2 bridgehead atoms. The Hall–Kier alpha value is -4.95. The summed E-state index contributed by atoms with van der Waals surface area (Å²) in [5.74, 6) is 2.15. The molecular formula is C50H77N11O3. The highest BCUT2D eigenvalue weighted by Gasteiger charge is 2.46. The molecule has 1 aliphatic carbocycles. The Bertz CT molecular complexity index is 1970. The Morgan fingerprint density at radius 2 is 1.73 bits per heavy atom. The molecule has 0 saturated carbocycles. The number of piperazine rings is 1. The van der Waals surface area contributed by atoms with Gasteiger partial charge >= 0.3 is 6.03 Å². The van der Waals surface area contributed by atoms with E-state index in [1.807, 2.05) is 13.2 Å². The molecule has 3 unspecified atom stereocenters. The zero-order valence-corrected chi connectivity index (χ0v) is 39.9. The largest absolute Gasteiger partial charge is 0.400 e. The summed E-state index contributed by atoms with van der Waals surface area (Å²) in [5.41, 5.74) is 13.4. The van der Waals surface area contributed by atoms with Gasteiger partial charge in [0, 0.05) is 122 Å². The highest BCUT2D eigenvalue weighted by molar-refractivity contribution is 6.11. The number of nitrogens with zero attached hydrogens (tertiary/aromatic N) is 7. The van der Waals surface area contributed by atoms with E-state index in [9.17, 15) is 14.4 Å². The summed E-state index contributed by atoms with van der Waals surface area (Å²) in [4.78, 5) is 57.4. The van der Waals surface area contributed by atoms with Crippen molar-refractivity contribution >= 4 is 35.2 Å². The lowest BCUT2D eigenvalue weighted by Gasteiger charge is -2.35. The van der Waals surface area contributed by atoms with Gasteiger partial charge in [0.25, 0.3) is 0 Å². The average Bonchev–Trinajstić information content (AvgIpc) is 3.55. The smallest absolute Gasteiger partial charge is 0.323 e. The van der Waals surface area contributed by atoms with E-state index in [1.54, 1.807) is 9.80 Å². The standard InChI is InChI=1S/C50H77N11O3/c1-8-36(4)61-34-45(50(6)35-54-48(56-47(50)61)53-29-38(9-2)10-3)41-18-16-39(17-19-41)31-58-24-26-59(27-25-58)33-43(51)30-52-22-12-11-14-40-20-21-44-28-42(40)32-57(7)49(64)60(44)23-13-15-46(63)55-37(5)62/h16-21,30,34,36,38,42,52H,8-15,22-29,31-33,35,51H2,1-7H3,(H,53,54)(H,55,62,63)/b43-30-. The fourth-order valence-electron chi connectivity index (χ4n) is 9.60. The molecule has 6 rings (SSSR count). The van der Waals surface area contributed by atoms with E-state index < -0.39 is 0 Å². The van der Waals surface area contributed by atoms with Crippen LogP contribution in [0.5, 0.6) is 0 Å². The first-order chi connectivity index (χ1) is 30.8. The number of nitrogens with two attached hydrogens (primary N) is 1. The number of imide groups is 1. The van der Waals surface area contributed by atoms with Gasteiger partial charge in [-0.05, 0) is 81.1 Å². The van der Waals surface area contributed by atoms with E-state index in [4.69, 9.17) is 15.7 Å². The van der Waals surface area contributed by atoms with Crippen molar-refractivity contribution in [2.45, 2.75) is 112 Å². The van der Waals surface area contributed by atoms with Crippen LogP contribution >= 0.6 is 0 Å². The predicted molar refractivity (Wildman–Crippen MR) is 259 cm³/mol. The Labute approximate surface area is 383 Å². The van der Waals surface area contributed by atoms with E-state index >= 15 is 0 Å². The van der Waals surface area contributed by atoms with E-state index in [0.717, 1.165) is 120 Å². The summed E-state index contributed by atoms with van der Waals surface area (Å²) in [7, 11) is 1.85. The van der Waals surface area contributed by atoms with Crippen molar-refractivity contribution in [2.24, 2.45) is 33.0 Å². The average molecular weight is 880 g/mol. The number of unbranched alkanes of at least 4 members (excludes halogenated alkanes) is 1. The van der Waals surface area contributed by atoms with Crippen LogP contribution in [0, 0.1) is 17.3 Å². The quantitative estimate of drug-likeness (QED) is 0.105. The van der Waals surface area contributed by atoms with Crippen molar-refractivity contribution in [3.8, 4) is 0 Å². The zero-order valence-electron chi connectivity index (χ0n) is 39.9. The number of amidine groups is 1. The summed E-state index contributed by atoms with van der Waals surface area (Å²) in [5, 5.41) is 9.31. The minimum atomic E-state index is -0.362. The highest BCUT2D eigenvalue weighted by Crippen LogP contribution is 2.45. The molecule has 5 aliphatic rings. The second-order valence-corrected chi connectivity index (χ2v) is 18.9. The summed E-state index contributed by atoms with van der Waals surface area (Å²) in [6, 6.07) is 9.51.